The Bertz CT molecular complexity index is 329. The van der Waals surface area contributed by atoms with Crippen LogP contribution in [0.25, 0.3) is 0 Å². The number of hydrogen-bond donors (Lipinski definition) is 2. The monoisotopic (exact) mass is 192 g/mol. The van der Waals surface area contributed by atoms with E-state index in [1.807, 2.05) is 13.8 Å². The molecule has 0 fully saturated rings. The molecule has 0 amide bonds. The highest BCUT2D eigenvalue weighted by Crippen LogP contribution is 2.37. The maximum atomic E-state index is 10.00. The normalized spacial score (nSPS) is 13.6. The third-order valence-electron chi connectivity index (χ3n) is 2.46. The summed E-state index contributed by atoms with van der Waals surface area (Å²) in [7, 11) is 0. The van der Waals surface area contributed by atoms with Gasteiger partial charge in [-0.1, -0.05) is 38.1 Å². The zero-order chi connectivity index (χ0) is 10.8. The first-order chi connectivity index (χ1) is 6.49. The van der Waals surface area contributed by atoms with E-state index < -0.39 is 11.5 Å². The molecule has 76 valence electrons. The van der Waals surface area contributed by atoms with E-state index in [9.17, 15) is 10.2 Å². The molecular formula is C12H16O2. The zero-order valence-electron chi connectivity index (χ0n) is 8.57. The summed E-state index contributed by atoms with van der Waals surface area (Å²) < 4.78 is 0. The Labute approximate surface area is 84.5 Å². The molecule has 0 bridgehead atoms. The Hall–Kier alpha value is -1.28. The molecule has 1 atom stereocenters. The van der Waals surface area contributed by atoms with E-state index in [4.69, 9.17) is 0 Å². The van der Waals surface area contributed by atoms with Crippen molar-refractivity contribution in [3.8, 4) is 5.75 Å². The predicted octanol–water partition coefficient (Wildman–Crippen LogP) is 2.64. The molecule has 2 nitrogen and oxygen atoms in total. The average Bonchev–Trinajstić information content (AvgIpc) is 2.17. The highest BCUT2D eigenvalue weighted by atomic mass is 16.3. The van der Waals surface area contributed by atoms with Gasteiger partial charge >= 0.3 is 0 Å². The summed E-state index contributed by atoms with van der Waals surface area (Å²) in [6, 6.07) is 6.80. The fraction of sp³-hybridized carbons (Fsp3) is 0.333. The second kappa shape index (κ2) is 3.84. The molecule has 1 unspecified atom stereocenters. The van der Waals surface area contributed by atoms with Gasteiger partial charge in [0.2, 0.25) is 0 Å². The van der Waals surface area contributed by atoms with Crippen molar-refractivity contribution in [1.82, 2.24) is 0 Å². The molecule has 0 aliphatic heterocycles. The van der Waals surface area contributed by atoms with Crippen LogP contribution in [0.5, 0.6) is 5.75 Å². The van der Waals surface area contributed by atoms with E-state index >= 15 is 0 Å². The number of benzene rings is 1. The van der Waals surface area contributed by atoms with E-state index in [0.717, 1.165) is 0 Å². The zero-order valence-corrected chi connectivity index (χ0v) is 8.57. The average molecular weight is 192 g/mol. The third kappa shape index (κ3) is 1.96. The molecule has 1 rings (SSSR count). The van der Waals surface area contributed by atoms with Crippen LogP contribution in [0.2, 0.25) is 0 Å². The first kappa shape index (κ1) is 10.8. The fourth-order valence-corrected chi connectivity index (χ4v) is 1.23. The summed E-state index contributed by atoms with van der Waals surface area (Å²) in [5.41, 5.74) is 0.0937. The molecule has 1 aromatic rings. The Morgan fingerprint density at radius 3 is 2.43 bits per heavy atom. The number of rotatable bonds is 3. The van der Waals surface area contributed by atoms with Gasteiger partial charge in [-0.05, 0) is 6.07 Å². The van der Waals surface area contributed by atoms with E-state index in [2.05, 4.69) is 6.58 Å². The third-order valence-corrected chi connectivity index (χ3v) is 2.46. The quantitative estimate of drug-likeness (QED) is 0.723. The first-order valence-corrected chi connectivity index (χ1v) is 4.58. The number of aromatic hydroxyl groups is 1. The van der Waals surface area contributed by atoms with Crippen LogP contribution in [0, 0.1) is 5.41 Å². The van der Waals surface area contributed by atoms with Gasteiger partial charge in [0.25, 0.3) is 0 Å². The van der Waals surface area contributed by atoms with Crippen molar-refractivity contribution in [2.75, 3.05) is 0 Å². The van der Waals surface area contributed by atoms with Crippen molar-refractivity contribution in [2.45, 2.75) is 20.0 Å². The molecule has 0 aliphatic rings. The lowest BCUT2D eigenvalue weighted by molar-refractivity contribution is 0.0798. The molecule has 0 aliphatic carbocycles. The van der Waals surface area contributed by atoms with Crippen LogP contribution in [0.15, 0.2) is 36.9 Å². The summed E-state index contributed by atoms with van der Waals surface area (Å²) in [5, 5.41) is 19.5. The van der Waals surface area contributed by atoms with Crippen molar-refractivity contribution >= 4 is 0 Å². The number of aliphatic hydroxyl groups excluding tert-OH is 1. The van der Waals surface area contributed by atoms with Crippen molar-refractivity contribution < 1.29 is 10.2 Å². The first-order valence-electron chi connectivity index (χ1n) is 4.58. The molecular weight excluding hydrogens is 176 g/mol. The molecule has 0 saturated carbocycles. The predicted molar refractivity (Wildman–Crippen MR) is 57.0 cm³/mol. The van der Waals surface area contributed by atoms with Crippen LogP contribution in [0.3, 0.4) is 0 Å². The Morgan fingerprint density at radius 1 is 1.36 bits per heavy atom. The van der Waals surface area contributed by atoms with Crippen molar-refractivity contribution in [3.63, 3.8) is 0 Å². The number of phenolic OH excluding ortho intramolecular Hbond substituents is 1. The molecule has 0 radical (unpaired) electrons. The van der Waals surface area contributed by atoms with Gasteiger partial charge in [-0.15, -0.1) is 6.58 Å². The summed E-state index contributed by atoms with van der Waals surface area (Å²) in [6.45, 7) is 7.41. The number of phenols is 1. The minimum Gasteiger partial charge on any atom is -0.508 e. The highest BCUT2D eigenvalue weighted by molar-refractivity contribution is 5.35. The molecule has 0 heterocycles. The van der Waals surface area contributed by atoms with Crippen molar-refractivity contribution in [1.29, 1.82) is 0 Å². The Kier molecular flexibility index (Phi) is 2.96. The second-order valence-electron chi connectivity index (χ2n) is 3.99. The van der Waals surface area contributed by atoms with Crippen molar-refractivity contribution in [3.05, 3.63) is 42.5 Å². The van der Waals surface area contributed by atoms with Crippen LogP contribution in [0.4, 0.5) is 0 Å². The van der Waals surface area contributed by atoms with Crippen LogP contribution in [-0.2, 0) is 0 Å². The van der Waals surface area contributed by atoms with Crippen LogP contribution in [0.1, 0.15) is 25.5 Å². The molecule has 2 N–H and O–H groups in total. The van der Waals surface area contributed by atoms with Gasteiger partial charge in [-0.2, -0.15) is 0 Å². The van der Waals surface area contributed by atoms with Gasteiger partial charge in [0.05, 0.1) is 6.10 Å². The van der Waals surface area contributed by atoms with E-state index in [1.54, 1.807) is 30.3 Å². The van der Waals surface area contributed by atoms with Gasteiger partial charge < -0.3 is 10.2 Å². The van der Waals surface area contributed by atoms with Gasteiger partial charge in [-0.3, -0.25) is 0 Å². The highest BCUT2D eigenvalue weighted by Gasteiger charge is 2.27. The summed E-state index contributed by atoms with van der Waals surface area (Å²) in [6.07, 6.45) is 0.950. The van der Waals surface area contributed by atoms with Crippen LogP contribution >= 0.6 is 0 Å². The molecule has 2 heteroatoms. The molecule has 0 saturated heterocycles. The lowest BCUT2D eigenvalue weighted by atomic mass is 9.82. The number of aliphatic hydroxyl groups is 1. The summed E-state index contributed by atoms with van der Waals surface area (Å²) in [5.74, 6) is 0.120. The van der Waals surface area contributed by atoms with Gasteiger partial charge in [0.15, 0.2) is 0 Å². The smallest absolute Gasteiger partial charge is 0.121 e. The van der Waals surface area contributed by atoms with Gasteiger partial charge in [0, 0.05) is 11.0 Å². The summed E-state index contributed by atoms with van der Waals surface area (Å²) >= 11 is 0. The fourth-order valence-electron chi connectivity index (χ4n) is 1.23. The molecule has 1 aromatic carbocycles. The maximum Gasteiger partial charge on any atom is 0.121 e. The molecule has 0 aromatic heterocycles. The number of hydrogen-bond acceptors (Lipinski definition) is 2. The van der Waals surface area contributed by atoms with E-state index in [1.165, 1.54) is 0 Å². The SMILES string of the molecule is C=CC(C)(C)C(O)c1ccccc1O. The second-order valence-corrected chi connectivity index (χ2v) is 3.99. The summed E-state index contributed by atoms with van der Waals surface area (Å²) in [4.78, 5) is 0. The van der Waals surface area contributed by atoms with Crippen LogP contribution < -0.4 is 0 Å². The van der Waals surface area contributed by atoms with Gasteiger partial charge in [-0.25, -0.2) is 0 Å². The minimum absolute atomic E-state index is 0.120. The topological polar surface area (TPSA) is 40.5 Å². The Balaban J connectivity index is 3.06. The largest absolute Gasteiger partial charge is 0.508 e. The van der Waals surface area contributed by atoms with E-state index in [0.29, 0.717) is 5.56 Å². The van der Waals surface area contributed by atoms with Crippen LogP contribution in [-0.4, -0.2) is 10.2 Å². The van der Waals surface area contributed by atoms with Crippen molar-refractivity contribution in [2.24, 2.45) is 5.41 Å². The Morgan fingerprint density at radius 2 is 1.93 bits per heavy atom. The van der Waals surface area contributed by atoms with E-state index in [-0.39, 0.29) is 5.75 Å². The van der Waals surface area contributed by atoms with Gasteiger partial charge in [0.1, 0.15) is 5.75 Å². The lowest BCUT2D eigenvalue weighted by Gasteiger charge is -2.27. The maximum absolute atomic E-state index is 10.00. The number of para-hydroxylation sites is 1. The molecule has 14 heavy (non-hydrogen) atoms. The minimum atomic E-state index is -0.735. The molecule has 0 spiro atoms. The standard InChI is InChI=1S/C12H16O2/c1-4-12(2,3)11(14)9-7-5-6-8-10(9)13/h4-8,11,13-14H,1H2,2-3H3. The lowest BCUT2D eigenvalue weighted by Crippen LogP contribution is -2.19.